The lowest BCUT2D eigenvalue weighted by Crippen LogP contribution is -2.15. The lowest BCUT2D eigenvalue weighted by atomic mass is 9.78. The number of unbranched alkanes of at least 4 members (excludes halogenated alkanes) is 1. The molecule has 82 heavy (non-hydrogen) atoms. The molecule has 16 rings (SSSR count). The number of aryl methyl sites for hydroxylation is 1. The van der Waals surface area contributed by atoms with Crippen LogP contribution in [0, 0.1) is 0 Å². The van der Waals surface area contributed by atoms with Crippen molar-refractivity contribution in [2.24, 2.45) is 0 Å². The predicted octanol–water partition coefficient (Wildman–Crippen LogP) is 22.9. The van der Waals surface area contributed by atoms with Crippen LogP contribution in [0.1, 0.15) is 75.3 Å². The van der Waals surface area contributed by atoms with Crippen LogP contribution in [0.25, 0.3) is 143 Å². The van der Waals surface area contributed by atoms with Crippen LogP contribution in [0.3, 0.4) is 0 Å². The SMILES string of the molecule is CCCCc1ccc(-c2c3ccccc3c(-c3ccc4c(c3)C(C)(C)c3cc(-c5c6ccccc6c(-c6c7ccccc7c(-c7ccc8c(c7)C(C)(C)c7ccccc7-8)c7ccccc67)c6ccccc56)ccc3-4)c3ccccc23)cc1. The molecule has 0 aromatic heterocycles. The van der Waals surface area contributed by atoms with Gasteiger partial charge in [-0.05, 0) is 201 Å². The van der Waals surface area contributed by atoms with Crippen LogP contribution in [0.5, 0.6) is 0 Å². The Morgan fingerprint density at radius 3 is 0.829 bits per heavy atom. The Labute approximate surface area is 481 Å². The van der Waals surface area contributed by atoms with Crippen molar-refractivity contribution in [3.05, 3.63) is 277 Å². The molecule has 390 valence electrons. The van der Waals surface area contributed by atoms with E-state index < -0.39 is 0 Å². The molecule has 2 aliphatic carbocycles. The maximum Gasteiger partial charge on any atom is 0.0159 e. The van der Waals surface area contributed by atoms with Crippen molar-refractivity contribution in [2.75, 3.05) is 0 Å². The van der Waals surface area contributed by atoms with E-state index in [1.165, 1.54) is 183 Å². The molecule has 0 bridgehead atoms. The fourth-order valence-electron chi connectivity index (χ4n) is 15.3. The first-order valence-corrected chi connectivity index (χ1v) is 29.6. The third-order valence-corrected chi connectivity index (χ3v) is 19.2. The van der Waals surface area contributed by atoms with Gasteiger partial charge < -0.3 is 0 Å². The number of benzene rings is 14. The molecule has 14 aromatic rings. The Bertz CT molecular complexity index is 4830. The second kappa shape index (κ2) is 18.3. The zero-order chi connectivity index (χ0) is 55.0. The molecular weight excluding hydrogens is 985 g/mol. The predicted molar refractivity (Wildman–Crippen MR) is 352 cm³/mol. The van der Waals surface area contributed by atoms with Gasteiger partial charge in [-0.3, -0.25) is 0 Å². The van der Waals surface area contributed by atoms with Crippen molar-refractivity contribution in [1.82, 2.24) is 0 Å². The molecule has 0 spiro atoms. The Kier molecular flexibility index (Phi) is 10.9. The molecule has 0 atom stereocenters. The largest absolute Gasteiger partial charge is 0.0654 e. The van der Waals surface area contributed by atoms with Crippen LogP contribution in [-0.2, 0) is 17.3 Å². The highest BCUT2D eigenvalue weighted by atomic mass is 14.4. The van der Waals surface area contributed by atoms with Gasteiger partial charge in [0.05, 0.1) is 0 Å². The summed E-state index contributed by atoms with van der Waals surface area (Å²) in [4.78, 5) is 0. The summed E-state index contributed by atoms with van der Waals surface area (Å²) >= 11 is 0. The highest BCUT2D eigenvalue weighted by Gasteiger charge is 2.38. The summed E-state index contributed by atoms with van der Waals surface area (Å²) in [7, 11) is 0. The maximum absolute atomic E-state index is 2.53. The van der Waals surface area contributed by atoms with Gasteiger partial charge in [-0.2, -0.15) is 0 Å². The molecule has 0 saturated heterocycles. The molecule has 0 radical (unpaired) electrons. The minimum atomic E-state index is -0.258. The molecule has 14 aromatic carbocycles. The van der Waals surface area contributed by atoms with E-state index in [9.17, 15) is 0 Å². The van der Waals surface area contributed by atoms with Gasteiger partial charge in [-0.15, -0.1) is 0 Å². The molecule has 0 unspecified atom stereocenters. The second-order valence-electron chi connectivity index (χ2n) is 24.4. The van der Waals surface area contributed by atoms with Crippen LogP contribution < -0.4 is 0 Å². The highest BCUT2D eigenvalue weighted by Crippen LogP contribution is 2.56. The number of hydrogen-bond acceptors (Lipinski definition) is 0. The quantitative estimate of drug-likeness (QED) is 0.133. The van der Waals surface area contributed by atoms with Crippen LogP contribution in [0.15, 0.2) is 249 Å². The lowest BCUT2D eigenvalue weighted by molar-refractivity contribution is 0.660. The van der Waals surface area contributed by atoms with Crippen molar-refractivity contribution >= 4 is 64.6 Å². The number of rotatable bonds is 8. The van der Waals surface area contributed by atoms with Crippen molar-refractivity contribution in [1.29, 1.82) is 0 Å². The zero-order valence-electron chi connectivity index (χ0n) is 47.3. The van der Waals surface area contributed by atoms with Gasteiger partial charge in [0.25, 0.3) is 0 Å². The molecule has 0 fully saturated rings. The van der Waals surface area contributed by atoms with E-state index in [0.29, 0.717) is 0 Å². The third kappa shape index (κ3) is 7.04. The molecular formula is C82H62. The lowest BCUT2D eigenvalue weighted by Gasteiger charge is -2.25. The summed E-state index contributed by atoms with van der Waals surface area (Å²) in [6.45, 7) is 11.9. The monoisotopic (exact) mass is 1050 g/mol. The molecule has 0 heteroatoms. The van der Waals surface area contributed by atoms with E-state index in [0.717, 1.165) is 6.42 Å². The average Bonchev–Trinajstić information content (AvgIpc) is 2.55. The average molecular weight is 1050 g/mol. The van der Waals surface area contributed by atoms with Crippen LogP contribution in [0.2, 0.25) is 0 Å². The van der Waals surface area contributed by atoms with Crippen LogP contribution in [-0.4, -0.2) is 0 Å². The fraction of sp³-hybridized carbons (Fsp3) is 0.122. The smallest absolute Gasteiger partial charge is 0.0159 e. The van der Waals surface area contributed by atoms with Crippen LogP contribution >= 0.6 is 0 Å². The first-order valence-electron chi connectivity index (χ1n) is 29.6. The molecule has 0 N–H and O–H groups in total. The maximum atomic E-state index is 2.53. The minimum absolute atomic E-state index is 0.101. The summed E-state index contributed by atoms with van der Waals surface area (Å²) < 4.78 is 0. The number of fused-ring (bicyclic) bond motifs is 12. The summed E-state index contributed by atoms with van der Waals surface area (Å²) in [5.74, 6) is 0. The van der Waals surface area contributed by atoms with Crippen molar-refractivity contribution in [3.63, 3.8) is 0 Å². The number of hydrogen-bond donors (Lipinski definition) is 0. The van der Waals surface area contributed by atoms with E-state index in [1.807, 2.05) is 0 Å². The van der Waals surface area contributed by atoms with Crippen molar-refractivity contribution in [3.8, 4) is 77.9 Å². The van der Waals surface area contributed by atoms with E-state index in [4.69, 9.17) is 0 Å². The molecule has 0 aliphatic heterocycles. The van der Waals surface area contributed by atoms with Gasteiger partial charge in [0, 0.05) is 10.8 Å². The summed E-state index contributed by atoms with van der Waals surface area (Å²) in [6, 6.07) is 95.2. The fourth-order valence-corrected chi connectivity index (χ4v) is 15.3. The van der Waals surface area contributed by atoms with Gasteiger partial charge in [0.15, 0.2) is 0 Å². The summed E-state index contributed by atoms with van der Waals surface area (Å²) in [5.41, 5.74) is 24.7. The molecule has 0 nitrogen and oxygen atoms in total. The van der Waals surface area contributed by atoms with Gasteiger partial charge in [-0.25, -0.2) is 0 Å². The molecule has 0 heterocycles. The molecule has 0 amide bonds. The Hall–Kier alpha value is -9.36. The summed E-state index contributed by atoms with van der Waals surface area (Å²) in [5, 5.41) is 15.3. The van der Waals surface area contributed by atoms with E-state index in [2.05, 4.69) is 283 Å². The van der Waals surface area contributed by atoms with Crippen molar-refractivity contribution in [2.45, 2.75) is 64.7 Å². The Morgan fingerprint density at radius 1 is 0.244 bits per heavy atom. The van der Waals surface area contributed by atoms with Crippen molar-refractivity contribution < 1.29 is 0 Å². The normalized spacial score (nSPS) is 13.8. The van der Waals surface area contributed by atoms with Gasteiger partial charge in [0.2, 0.25) is 0 Å². The van der Waals surface area contributed by atoms with E-state index >= 15 is 0 Å². The van der Waals surface area contributed by atoms with E-state index in [-0.39, 0.29) is 10.8 Å². The molecule has 2 aliphatic rings. The van der Waals surface area contributed by atoms with Crippen LogP contribution in [0.4, 0.5) is 0 Å². The Morgan fingerprint density at radius 2 is 0.500 bits per heavy atom. The second-order valence-corrected chi connectivity index (χ2v) is 24.4. The summed E-state index contributed by atoms with van der Waals surface area (Å²) in [6.07, 6.45) is 3.54. The third-order valence-electron chi connectivity index (χ3n) is 19.2. The first-order chi connectivity index (χ1) is 40.2. The zero-order valence-corrected chi connectivity index (χ0v) is 47.3. The van der Waals surface area contributed by atoms with Gasteiger partial charge >= 0.3 is 0 Å². The highest BCUT2D eigenvalue weighted by molar-refractivity contribution is 6.30. The van der Waals surface area contributed by atoms with E-state index in [1.54, 1.807) is 0 Å². The molecule has 0 saturated carbocycles. The minimum Gasteiger partial charge on any atom is -0.0654 e. The topological polar surface area (TPSA) is 0 Å². The first kappa shape index (κ1) is 48.5. The van der Waals surface area contributed by atoms with Gasteiger partial charge in [0.1, 0.15) is 0 Å². The van der Waals surface area contributed by atoms with Gasteiger partial charge in [-0.1, -0.05) is 272 Å². The Balaban J connectivity index is 0.845. The standard InChI is InChI=1S/C82H62/c1-6-7-22-50-37-39-51(40-38-50)75-59-24-8-10-26-61(59)76(62-27-11-9-25-60(62)75)53-42-45-57-58-46-43-54(49-74(58)82(4,5)73(57)48-53)78-65-30-14-18-34-69(65)80(70-35-19-15-31-66(70)78)79-67-32-16-12-28-63(67)77(64-29-13-17-33-68(64)79)52-41-44-56-55-23-20-21-36-71(55)81(2,3)72(56)47-52/h8-21,23-49H,6-7,22H2,1-5H3.